The van der Waals surface area contributed by atoms with Crippen molar-refractivity contribution < 1.29 is 4.79 Å². The standard InChI is InChI=1S/C12H23N3O/c1-2-3-6-14-12(16)15-7-4-5-10-8-13-9-11(10)15/h10-11,13H,2-9H2,1H3,(H,14,16). The zero-order chi connectivity index (χ0) is 11.4. The molecule has 4 nitrogen and oxygen atoms in total. The van der Waals surface area contributed by atoms with Crippen molar-refractivity contribution in [3.63, 3.8) is 0 Å². The normalized spacial score (nSPS) is 28.9. The molecule has 92 valence electrons. The van der Waals surface area contributed by atoms with E-state index in [1.165, 1.54) is 6.42 Å². The van der Waals surface area contributed by atoms with Crippen LogP contribution in [-0.4, -0.2) is 43.2 Å². The van der Waals surface area contributed by atoms with Crippen LogP contribution in [0.3, 0.4) is 0 Å². The number of carbonyl (C=O) groups excluding carboxylic acids is 1. The predicted molar refractivity (Wildman–Crippen MR) is 64.4 cm³/mol. The van der Waals surface area contributed by atoms with Crippen LogP contribution in [0.5, 0.6) is 0 Å². The lowest BCUT2D eigenvalue weighted by molar-refractivity contribution is 0.136. The molecule has 2 N–H and O–H groups in total. The van der Waals surface area contributed by atoms with E-state index in [4.69, 9.17) is 0 Å². The Morgan fingerprint density at radius 3 is 3.19 bits per heavy atom. The number of urea groups is 1. The Bertz CT molecular complexity index is 244. The number of rotatable bonds is 3. The van der Waals surface area contributed by atoms with Gasteiger partial charge in [-0.25, -0.2) is 4.79 Å². The molecule has 0 radical (unpaired) electrons. The number of amides is 2. The molecule has 0 aromatic carbocycles. The van der Waals surface area contributed by atoms with Crippen LogP contribution in [-0.2, 0) is 0 Å². The van der Waals surface area contributed by atoms with Crippen molar-refractivity contribution in [1.29, 1.82) is 0 Å². The average molecular weight is 225 g/mol. The number of carbonyl (C=O) groups is 1. The van der Waals surface area contributed by atoms with E-state index in [1.807, 2.05) is 4.90 Å². The molecular formula is C12H23N3O. The summed E-state index contributed by atoms with van der Waals surface area (Å²) in [6, 6.07) is 0.585. The summed E-state index contributed by atoms with van der Waals surface area (Å²) >= 11 is 0. The first-order valence-corrected chi connectivity index (χ1v) is 6.58. The summed E-state index contributed by atoms with van der Waals surface area (Å²) in [6.45, 7) is 5.96. The molecule has 0 spiro atoms. The molecule has 16 heavy (non-hydrogen) atoms. The highest BCUT2D eigenvalue weighted by Gasteiger charge is 2.37. The first kappa shape index (κ1) is 11.7. The number of hydrogen-bond acceptors (Lipinski definition) is 2. The molecular weight excluding hydrogens is 202 g/mol. The quantitative estimate of drug-likeness (QED) is 0.708. The van der Waals surface area contributed by atoms with E-state index >= 15 is 0 Å². The predicted octanol–water partition coefficient (Wildman–Crippen LogP) is 1.18. The summed E-state index contributed by atoms with van der Waals surface area (Å²) < 4.78 is 0. The van der Waals surface area contributed by atoms with Gasteiger partial charge in [-0.2, -0.15) is 0 Å². The molecule has 2 saturated heterocycles. The van der Waals surface area contributed by atoms with Crippen LogP contribution in [0.25, 0.3) is 0 Å². The van der Waals surface area contributed by atoms with Gasteiger partial charge in [0.1, 0.15) is 0 Å². The van der Waals surface area contributed by atoms with Crippen LogP contribution in [0.15, 0.2) is 0 Å². The second-order valence-corrected chi connectivity index (χ2v) is 4.91. The lowest BCUT2D eigenvalue weighted by atomic mass is 9.92. The zero-order valence-electron chi connectivity index (χ0n) is 10.2. The number of fused-ring (bicyclic) bond motifs is 1. The van der Waals surface area contributed by atoms with Crippen molar-refractivity contribution in [3.05, 3.63) is 0 Å². The van der Waals surface area contributed by atoms with Gasteiger partial charge in [0.05, 0.1) is 0 Å². The topological polar surface area (TPSA) is 44.4 Å². The third-order valence-electron chi connectivity index (χ3n) is 3.75. The lowest BCUT2D eigenvalue weighted by Crippen LogP contribution is -2.52. The summed E-state index contributed by atoms with van der Waals surface area (Å²) in [5, 5.41) is 6.42. The Balaban J connectivity index is 1.84. The minimum atomic E-state index is 0.145. The highest BCUT2D eigenvalue weighted by molar-refractivity contribution is 5.74. The Morgan fingerprint density at radius 2 is 2.38 bits per heavy atom. The van der Waals surface area contributed by atoms with E-state index in [0.29, 0.717) is 12.0 Å². The van der Waals surface area contributed by atoms with Crippen molar-refractivity contribution in [2.75, 3.05) is 26.2 Å². The molecule has 0 aliphatic carbocycles. The molecule has 4 heteroatoms. The van der Waals surface area contributed by atoms with E-state index in [1.54, 1.807) is 0 Å². The summed E-state index contributed by atoms with van der Waals surface area (Å²) in [4.78, 5) is 14.0. The number of hydrogen-bond donors (Lipinski definition) is 2. The highest BCUT2D eigenvalue weighted by atomic mass is 16.2. The van der Waals surface area contributed by atoms with Gasteiger partial charge in [-0.3, -0.25) is 0 Å². The van der Waals surface area contributed by atoms with Gasteiger partial charge >= 0.3 is 6.03 Å². The van der Waals surface area contributed by atoms with Gasteiger partial charge in [-0.05, 0) is 25.2 Å². The van der Waals surface area contributed by atoms with Crippen molar-refractivity contribution in [3.8, 4) is 0 Å². The van der Waals surface area contributed by atoms with E-state index in [0.717, 1.165) is 45.4 Å². The lowest BCUT2D eigenvalue weighted by Gasteiger charge is -2.36. The molecule has 2 rings (SSSR count). The third kappa shape index (κ3) is 2.48. The molecule has 2 amide bonds. The van der Waals surface area contributed by atoms with E-state index in [9.17, 15) is 4.79 Å². The second-order valence-electron chi connectivity index (χ2n) is 4.91. The number of piperidine rings is 1. The monoisotopic (exact) mass is 225 g/mol. The Hall–Kier alpha value is -0.770. The fourth-order valence-corrected chi connectivity index (χ4v) is 2.79. The molecule has 2 atom stereocenters. The van der Waals surface area contributed by atoms with E-state index < -0.39 is 0 Å². The van der Waals surface area contributed by atoms with Crippen LogP contribution in [0.2, 0.25) is 0 Å². The molecule has 2 unspecified atom stereocenters. The van der Waals surface area contributed by atoms with Crippen molar-refractivity contribution in [2.45, 2.75) is 38.6 Å². The largest absolute Gasteiger partial charge is 0.338 e. The SMILES string of the molecule is CCCCNC(=O)N1CCCC2CNCC21. The minimum Gasteiger partial charge on any atom is -0.338 e. The Morgan fingerprint density at radius 1 is 1.50 bits per heavy atom. The Kier molecular flexibility index (Phi) is 4.04. The first-order valence-electron chi connectivity index (χ1n) is 6.58. The van der Waals surface area contributed by atoms with Gasteiger partial charge in [-0.15, -0.1) is 0 Å². The third-order valence-corrected chi connectivity index (χ3v) is 3.75. The minimum absolute atomic E-state index is 0.145. The molecule has 0 saturated carbocycles. The van der Waals surface area contributed by atoms with Crippen LogP contribution in [0, 0.1) is 5.92 Å². The second kappa shape index (κ2) is 5.53. The average Bonchev–Trinajstić information content (AvgIpc) is 2.76. The highest BCUT2D eigenvalue weighted by Crippen LogP contribution is 2.26. The van der Waals surface area contributed by atoms with Gasteiger partial charge in [0.15, 0.2) is 0 Å². The molecule has 0 bridgehead atoms. The van der Waals surface area contributed by atoms with Crippen LogP contribution in [0.4, 0.5) is 4.79 Å². The van der Waals surface area contributed by atoms with E-state index in [2.05, 4.69) is 17.6 Å². The molecule has 2 fully saturated rings. The molecule has 0 aromatic heterocycles. The summed E-state index contributed by atoms with van der Waals surface area (Å²) in [5.74, 6) is 0.686. The number of likely N-dealkylation sites (tertiary alicyclic amines) is 1. The smallest absolute Gasteiger partial charge is 0.317 e. The summed E-state index contributed by atoms with van der Waals surface area (Å²) in [5.41, 5.74) is 0. The molecule has 0 aromatic rings. The fourth-order valence-electron chi connectivity index (χ4n) is 2.79. The molecule has 2 aliphatic rings. The molecule has 2 aliphatic heterocycles. The first-order chi connectivity index (χ1) is 7.83. The maximum atomic E-state index is 12.0. The van der Waals surface area contributed by atoms with Gasteiger partial charge in [-0.1, -0.05) is 13.3 Å². The summed E-state index contributed by atoms with van der Waals surface area (Å²) in [6.07, 6.45) is 4.64. The van der Waals surface area contributed by atoms with E-state index in [-0.39, 0.29) is 6.03 Å². The van der Waals surface area contributed by atoms with Gasteiger partial charge < -0.3 is 15.5 Å². The van der Waals surface area contributed by atoms with Gasteiger partial charge in [0.2, 0.25) is 0 Å². The maximum Gasteiger partial charge on any atom is 0.317 e. The summed E-state index contributed by atoms with van der Waals surface area (Å²) in [7, 11) is 0. The van der Waals surface area contributed by atoms with Gasteiger partial charge in [0.25, 0.3) is 0 Å². The van der Waals surface area contributed by atoms with Crippen molar-refractivity contribution >= 4 is 6.03 Å². The number of nitrogens with zero attached hydrogens (tertiary/aromatic N) is 1. The van der Waals surface area contributed by atoms with Gasteiger partial charge in [0, 0.05) is 32.2 Å². The number of nitrogens with one attached hydrogen (secondary N) is 2. The van der Waals surface area contributed by atoms with Crippen molar-refractivity contribution in [2.24, 2.45) is 5.92 Å². The fraction of sp³-hybridized carbons (Fsp3) is 0.917. The van der Waals surface area contributed by atoms with Crippen LogP contribution < -0.4 is 10.6 Å². The maximum absolute atomic E-state index is 12.0. The molecule has 2 heterocycles. The number of unbranched alkanes of at least 4 members (excludes halogenated alkanes) is 1. The van der Waals surface area contributed by atoms with Crippen LogP contribution >= 0.6 is 0 Å². The van der Waals surface area contributed by atoms with Crippen LogP contribution in [0.1, 0.15) is 32.6 Å². The van der Waals surface area contributed by atoms with Crippen molar-refractivity contribution in [1.82, 2.24) is 15.5 Å². The zero-order valence-corrected chi connectivity index (χ0v) is 10.2. The Labute approximate surface area is 97.8 Å².